The number of halogens is 2. The van der Waals surface area contributed by atoms with Crippen LogP contribution in [0.25, 0.3) is 0 Å². The zero-order chi connectivity index (χ0) is 25.9. The van der Waals surface area contributed by atoms with Crippen molar-refractivity contribution in [2.24, 2.45) is 4.99 Å². The number of ether oxygens (including phenoxy) is 1. The average molecular weight is 529 g/mol. The minimum absolute atomic E-state index is 0.0959. The van der Waals surface area contributed by atoms with E-state index in [0.29, 0.717) is 23.0 Å². The number of aliphatic imine (C=N–C) groups is 1. The molecule has 0 N–H and O–H groups in total. The van der Waals surface area contributed by atoms with Gasteiger partial charge < -0.3 is 9.64 Å². The molecule has 0 spiro atoms. The zero-order valence-corrected chi connectivity index (χ0v) is 22.1. The fraction of sp³-hybridized carbons (Fsp3) is 0.161. The van der Waals surface area contributed by atoms with E-state index in [4.69, 9.17) is 32.9 Å². The van der Waals surface area contributed by atoms with Crippen molar-refractivity contribution < 1.29 is 9.53 Å². The molecule has 4 aromatic rings. The number of benzene rings is 4. The second kappa shape index (κ2) is 10.8. The molecule has 0 fully saturated rings. The number of benzodiazepines with no additional fused rings is 1. The van der Waals surface area contributed by atoms with Crippen LogP contribution in [0.4, 0.5) is 5.69 Å². The average Bonchev–Trinajstić information content (AvgIpc) is 3.01. The summed E-state index contributed by atoms with van der Waals surface area (Å²) in [7, 11) is 1.64. The number of aryl methyl sites for hydroxylation is 1. The molecular formula is C31H26Cl2N2O2. The number of hydrogen-bond acceptors (Lipinski definition) is 3. The monoisotopic (exact) mass is 528 g/mol. The molecule has 4 nitrogen and oxygen atoms in total. The summed E-state index contributed by atoms with van der Waals surface area (Å²) in [4.78, 5) is 21.1. The van der Waals surface area contributed by atoms with Gasteiger partial charge in [-0.1, -0.05) is 83.4 Å². The van der Waals surface area contributed by atoms with E-state index < -0.39 is 6.04 Å². The van der Waals surface area contributed by atoms with Crippen molar-refractivity contribution in [3.05, 3.63) is 129 Å². The Morgan fingerprint density at radius 3 is 2.35 bits per heavy atom. The smallest absolute Gasteiger partial charge is 0.252 e. The molecule has 0 saturated heterocycles. The van der Waals surface area contributed by atoms with Crippen LogP contribution in [0.15, 0.2) is 96.0 Å². The first-order valence-electron chi connectivity index (χ1n) is 12.1. The number of methoxy groups -OCH3 is 1. The Labute approximate surface area is 227 Å². The largest absolute Gasteiger partial charge is 0.497 e. The Kier molecular flexibility index (Phi) is 7.31. The van der Waals surface area contributed by atoms with Crippen molar-refractivity contribution in [1.82, 2.24) is 0 Å². The van der Waals surface area contributed by atoms with Gasteiger partial charge in [-0.15, -0.1) is 0 Å². The summed E-state index contributed by atoms with van der Waals surface area (Å²) in [5.74, 6) is 0.668. The standard InChI is InChI=1S/C31H26Cl2N2O2/c1-20-7-11-22(12-8-20)30-26-18-24(32)13-16-29(26)35(19-21-9-14-25(37-2)15-10-21)31(36)28(34-30)17-23-5-3-4-6-27(23)33/h3-16,18,28H,17,19H2,1-2H3. The van der Waals surface area contributed by atoms with Crippen LogP contribution in [-0.2, 0) is 17.8 Å². The van der Waals surface area contributed by atoms with Crippen LogP contribution in [0, 0.1) is 6.92 Å². The molecule has 1 unspecified atom stereocenters. The molecule has 5 rings (SSSR count). The van der Waals surface area contributed by atoms with Gasteiger partial charge in [0.15, 0.2) is 0 Å². The summed E-state index contributed by atoms with van der Waals surface area (Å²) in [6.45, 7) is 2.43. The van der Waals surface area contributed by atoms with Gasteiger partial charge >= 0.3 is 0 Å². The highest BCUT2D eigenvalue weighted by molar-refractivity contribution is 6.32. The van der Waals surface area contributed by atoms with E-state index in [1.54, 1.807) is 12.0 Å². The lowest BCUT2D eigenvalue weighted by Gasteiger charge is -2.26. The quantitative estimate of drug-likeness (QED) is 0.263. The van der Waals surface area contributed by atoms with Gasteiger partial charge in [-0.05, 0) is 54.4 Å². The zero-order valence-electron chi connectivity index (χ0n) is 20.6. The summed E-state index contributed by atoms with van der Waals surface area (Å²) in [5.41, 5.74) is 6.26. The highest BCUT2D eigenvalue weighted by Crippen LogP contribution is 2.33. The van der Waals surface area contributed by atoms with Crippen LogP contribution in [0.2, 0.25) is 10.0 Å². The third-order valence-electron chi connectivity index (χ3n) is 6.54. The van der Waals surface area contributed by atoms with Gasteiger partial charge in [0.25, 0.3) is 5.91 Å². The number of anilines is 1. The van der Waals surface area contributed by atoms with Crippen molar-refractivity contribution in [2.45, 2.75) is 25.9 Å². The minimum atomic E-state index is -0.666. The molecule has 1 atom stereocenters. The molecule has 37 heavy (non-hydrogen) atoms. The number of rotatable bonds is 6. The topological polar surface area (TPSA) is 41.9 Å². The molecule has 0 radical (unpaired) electrons. The van der Waals surface area contributed by atoms with Crippen molar-refractivity contribution in [2.75, 3.05) is 12.0 Å². The summed E-state index contributed by atoms with van der Waals surface area (Å²) in [6.07, 6.45) is 0.384. The van der Waals surface area contributed by atoms with E-state index in [2.05, 4.69) is 0 Å². The molecule has 1 amide bonds. The molecule has 0 saturated carbocycles. The van der Waals surface area contributed by atoms with Crippen molar-refractivity contribution in [3.63, 3.8) is 0 Å². The van der Waals surface area contributed by atoms with Gasteiger partial charge in [-0.25, -0.2) is 0 Å². The SMILES string of the molecule is COc1ccc(CN2C(=O)C(Cc3ccccc3Cl)N=C(c3ccc(C)cc3)c3cc(Cl)ccc32)cc1. The lowest BCUT2D eigenvalue weighted by atomic mass is 9.99. The first-order chi connectivity index (χ1) is 17.9. The summed E-state index contributed by atoms with van der Waals surface area (Å²) in [5, 5.41) is 1.20. The van der Waals surface area contributed by atoms with Gasteiger partial charge in [-0.3, -0.25) is 9.79 Å². The minimum Gasteiger partial charge on any atom is -0.497 e. The third-order valence-corrected chi connectivity index (χ3v) is 7.14. The molecule has 0 aliphatic carbocycles. The number of carbonyl (C=O) groups excluding carboxylic acids is 1. The maximum absolute atomic E-state index is 14.2. The normalized spacial score (nSPS) is 15.1. The van der Waals surface area contributed by atoms with Crippen molar-refractivity contribution in [3.8, 4) is 5.75 Å². The summed E-state index contributed by atoms with van der Waals surface area (Å²) >= 11 is 13.0. The molecule has 6 heteroatoms. The first kappa shape index (κ1) is 25.1. The second-order valence-electron chi connectivity index (χ2n) is 9.09. The maximum atomic E-state index is 14.2. The van der Waals surface area contributed by atoms with E-state index in [1.165, 1.54) is 0 Å². The second-order valence-corrected chi connectivity index (χ2v) is 9.93. The van der Waals surface area contributed by atoms with Gasteiger partial charge in [0.1, 0.15) is 11.8 Å². The molecule has 4 aromatic carbocycles. The Morgan fingerprint density at radius 1 is 0.919 bits per heavy atom. The van der Waals surface area contributed by atoms with E-state index in [-0.39, 0.29) is 5.91 Å². The number of nitrogens with zero attached hydrogens (tertiary/aromatic N) is 2. The molecular weight excluding hydrogens is 503 g/mol. The number of hydrogen-bond donors (Lipinski definition) is 0. The Bertz CT molecular complexity index is 1460. The van der Waals surface area contributed by atoms with Gasteiger partial charge in [-0.2, -0.15) is 0 Å². The molecule has 1 aliphatic heterocycles. The van der Waals surface area contributed by atoms with Crippen LogP contribution in [0.1, 0.15) is 27.8 Å². The molecule has 0 aromatic heterocycles. The van der Waals surface area contributed by atoms with Gasteiger partial charge in [0.2, 0.25) is 0 Å². The van der Waals surface area contributed by atoms with Crippen LogP contribution < -0.4 is 9.64 Å². The fourth-order valence-corrected chi connectivity index (χ4v) is 4.92. The van der Waals surface area contributed by atoms with Crippen molar-refractivity contribution in [1.29, 1.82) is 0 Å². The van der Waals surface area contributed by atoms with Gasteiger partial charge in [0.05, 0.1) is 25.1 Å². The van der Waals surface area contributed by atoms with Crippen LogP contribution in [-0.4, -0.2) is 24.8 Å². The van der Waals surface area contributed by atoms with E-state index in [0.717, 1.165) is 45.0 Å². The van der Waals surface area contributed by atoms with Crippen LogP contribution in [0.5, 0.6) is 5.75 Å². The molecule has 1 heterocycles. The predicted molar refractivity (Wildman–Crippen MR) is 151 cm³/mol. The number of amides is 1. The maximum Gasteiger partial charge on any atom is 0.252 e. The Morgan fingerprint density at radius 2 is 1.65 bits per heavy atom. The lowest BCUT2D eigenvalue weighted by Crippen LogP contribution is -2.38. The molecule has 1 aliphatic rings. The Balaban J connectivity index is 1.66. The third kappa shape index (κ3) is 5.41. The first-order valence-corrected chi connectivity index (χ1v) is 12.8. The molecule has 186 valence electrons. The predicted octanol–water partition coefficient (Wildman–Crippen LogP) is 7.31. The summed E-state index contributed by atoms with van der Waals surface area (Å²) in [6, 6.07) is 28.4. The van der Waals surface area contributed by atoms with Crippen molar-refractivity contribution >= 4 is 40.5 Å². The number of carbonyl (C=O) groups is 1. The number of fused-ring (bicyclic) bond motifs is 1. The molecule has 0 bridgehead atoms. The highest BCUT2D eigenvalue weighted by Gasteiger charge is 2.33. The van der Waals surface area contributed by atoms with Crippen LogP contribution in [0.3, 0.4) is 0 Å². The van der Waals surface area contributed by atoms with Crippen LogP contribution >= 0.6 is 23.2 Å². The fourth-order valence-electron chi connectivity index (χ4n) is 4.54. The van der Waals surface area contributed by atoms with E-state index >= 15 is 0 Å². The lowest BCUT2D eigenvalue weighted by molar-refractivity contribution is -0.119. The summed E-state index contributed by atoms with van der Waals surface area (Å²) < 4.78 is 5.31. The van der Waals surface area contributed by atoms with Gasteiger partial charge in [0, 0.05) is 27.6 Å². The Hall–Kier alpha value is -3.60. The van der Waals surface area contributed by atoms with E-state index in [9.17, 15) is 4.79 Å². The van der Waals surface area contributed by atoms with E-state index in [1.807, 2.05) is 97.9 Å². The highest BCUT2D eigenvalue weighted by atomic mass is 35.5.